The molecule has 0 aliphatic heterocycles. The Kier molecular flexibility index (Phi) is 2.90. The minimum Gasteiger partial charge on any atom is -0.389 e. The van der Waals surface area contributed by atoms with E-state index in [0.29, 0.717) is 0 Å². The highest BCUT2D eigenvalue weighted by Crippen LogP contribution is 1.74. The maximum Gasteiger partial charge on any atom is 0.172 e. The van der Waals surface area contributed by atoms with Crippen molar-refractivity contribution in [2.75, 3.05) is 6.61 Å². The van der Waals surface area contributed by atoms with Crippen LogP contribution in [0, 0.1) is 11.3 Å². The molecular weight excluding hydrogens is 94.0 g/mol. The minimum atomic E-state index is -0.520. The highest BCUT2D eigenvalue weighted by Gasteiger charge is 1.93. The Bertz CT molecular complexity index is 103. The van der Waals surface area contributed by atoms with Gasteiger partial charge in [-0.3, -0.25) is 4.79 Å². The van der Waals surface area contributed by atoms with Crippen LogP contribution in [0.15, 0.2) is 0 Å². The van der Waals surface area contributed by atoms with Crippen molar-refractivity contribution in [1.82, 2.24) is 0 Å². The number of ketones is 1. The fraction of sp³-hybridized carbons (Fsp3) is 0.500. The molecular formula is C4H5NO2. The van der Waals surface area contributed by atoms with Crippen LogP contribution in [0.4, 0.5) is 0 Å². The zero-order chi connectivity index (χ0) is 5.70. The van der Waals surface area contributed by atoms with E-state index in [1.165, 1.54) is 0 Å². The van der Waals surface area contributed by atoms with Gasteiger partial charge >= 0.3 is 0 Å². The Morgan fingerprint density at radius 1 is 1.86 bits per heavy atom. The summed E-state index contributed by atoms with van der Waals surface area (Å²) in [5, 5.41) is 15.8. The number of aliphatic hydroxyl groups excluding tert-OH is 1. The summed E-state index contributed by atoms with van der Waals surface area (Å²) in [4.78, 5) is 9.94. The highest BCUT2D eigenvalue weighted by atomic mass is 16.3. The lowest BCUT2D eigenvalue weighted by Gasteiger charge is -1.79. The van der Waals surface area contributed by atoms with Gasteiger partial charge in [0.2, 0.25) is 0 Å². The van der Waals surface area contributed by atoms with E-state index in [0.717, 1.165) is 0 Å². The van der Waals surface area contributed by atoms with E-state index in [1.54, 1.807) is 6.07 Å². The smallest absolute Gasteiger partial charge is 0.172 e. The summed E-state index contributed by atoms with van der Waals surface area (Å²) >= 11 is 0. The summed E-state index contributed by atoms with van der Waals surface area (Å²) < 4.78 is 0. The van der Waals surface area contributed by atoms with Gasteiger partial charge in [0.15, 0.2) is 5.78 Å². The van der Waals surface area contributed by atoms with Crippen LogP contribution in [0.5, 0.6) is 0 Å². The normalized spacial score (nSPS) is 7.43. The molecule has 7 heavy (non-hydrogen) atoms. The summed E-state index contributed by atoms with van der Waals surface area (Å²) in [5.41, 5.74) is 0. The molecule has 3 nitrogen and oxygen atoms in total. The fourth-order valence-electron chi connectivity index (χ4n) is 0.144. The number of carbonyl (C=O) groups excluding carboxylic acids is 1. The van der Waals surface area contributed by atoms with Gasteiger partial charge < -0.3 is 5.11 Å². The summed E-state index contributed by atoms with van der Waals surface area (Å²) in [6, 6.07) is 1.61. The molecule has 0 aliphatic rings. The van der Waals surface area contributed by atoms with E-state index in [1.807, 2.05) is 0 Å². The maximum absolute atomic E-state index is 9.94. The van der Waals surface area contributed by atoms with Crippen LogP contribution in [-0.4, -0.2) is 17.5 Å². The lowest BCUT2D eigenvalue weighted by molar-refractivity contribution is -0.120. The molecule has 0 atom stereocenters. The molecule has 0 saturated carbocycles. The molecule has 0 radical (unpaired) electrons. The Labute approximate surface area is 41.2 Å². The van der Waals surface area contributed by atoms with E-state index < -0.39 is 12.4 Å². The van der Waals surface area contributed by atoms with Gasteiger partial charge in [0.1, 0.15) is 6.61 Å². The molecule has 38 valence electrons. The predicted molar refractivity (Wildman–Crippen MR) is 22.3 cm³/mol. The first-order chi connectivity index (χ1) is 3.31. The van der Waals surface area contributed by atoms with Gasteiger partial charge in [-0.15, -0.1) is 0 Å². The molecule has 0 aromatic rings. The van der Waals surface area contributed by atoms with E-state index >= 15 is 0 Å². The van der Waals surface area contributed by atoms with Gasteiger partial charge in [0.25, 0.3) is 0 Å². The number of nitrogens with zero attached hydrogens (tertiary/aromatic N) is 1. The largest absolute Gasteiger partial charge is 0.389 e. The molecule has 0 spiro atoms. The van der Waals surface area contributed by atoms with E-state index in [4.69, 9.17) is 10.4 Å². The van der Waals surface area contributed by atoms with Crippen LogP contribution in [0.2, 0.25) is 0 Å². The van der Waals surface area contributed by atoms with Crippen molar-refractivity contribution < 1.29 is 9.90 Å². The van der Waals surface area contributed by atoms with Crippen molar-refractivity contribution in [2.24, 2.45) is 0 Å². The highest BCUT2D eigenvalue weighted by molar-refractivity contribution is 5.81. The number of hydrogen-bond donors (Lipinski definition) is 1. The second kappa shape index (κ2) is 3.32. The van der Waals surface area contributed by atoms with E-state index in [9.17, 15) is 4.79 Å². The van der Waals surface area contributed by atoms with Gasteiger partial charge in [-0.1, -0.05) is 0 Å². The van der Waals surface area contributed by atoms with E-state index in [-0.39, 0.29) is 6.42 Å². The SMILES string of the molecule is N#CCC(=O)CO. The van der Waals surface area contributed by atoms with Crippen molar-refractivity contribution in [3.05, 3.63) is 0 Å². The maximum atomic E-state index is 9.94. The molecule has 1 N–H and O–H groups in total. The number of hydrogen-bond acceptors (Lipinski definition) is 3. The number of aliphatic hydroxyl groups is 1. The monoisotopic (exact) mass is 99.0 g/mol. The number of Topliss-reactive ketones (excluding diaryl/α,β-unsaturated/α-hetero) is 1. The van der Waals surface area contributed by atoms with E-state index in [2.05, 4.69) is 0 Å². The average Bonchev–Trinajstić information content (AvgIpc) is 1.68. The topological polar surface area (TPSA) is 61.1 Å². The first kappa shape index (κ1) is 6.12. The Hall–Kier alpha value is -0.880. The van der Waals surface area contributed by atoms with Gasteiger partial charge in [0.05, 0.1) is 12.5 Å². The quantitative estimate of drug-likeness (QED) is 0.505. The predicted octanol–water partition coefficient (Wildman–Crippen LogP) is -0.539. The molecule has 0 saturated heterocycles. The summed E-state index contributed by atoms with van der Waals surface area (Å²) in [6.45, 7) is -0.520. The van der Waals surface area contributed by atoms with Crippen LogP contribution in [0.3, 0.4) is 0 Å². The van der Waals surface area contributed by atoms with Crippen LogP contribution in [0.1, 0.15) is 6.42 Å². The standard InChI is InChI=1S/C4H5NO2/c5-2-1-4(7)3-6/h6H,1,3H2. The minimum absolute atomic E-state index is 0.184. The van der Waals surface area contributed by atoms with Crippen LogP contribution >= 0.6 is 0 Å². The lowest BCUT2D eigenvalue weighted by atomic mass is 10.3. The average molecular weight is 99.1 g/mol. The molecule has 0 rings (SSSR count). The fourth-order valence-corrected chi connectivity index (χ4v) is 0.144. The first-order valence-corrected chi connectivity index (χ1v) is 1.80. The third-order valence-corrected chi connectivity index (χ3v) is 0.453. The Morgan fingerprint density at radius 2 is 2.43 bits per heavy atom. The summed E-state index contributed by atoms with van der Waals surface area (Å²) in [5.74, 6) is -0.428. The number of nitriles is 1. The molecule has 0 heterocycles. The Balaban J connectivity index is 3.23. The summed E-state index contributed by atoms with van der Waals surface area (Å²) in [7, 11) is 0. The molecule has 3 heteroatoms. The van der Waals surface area contributed by atoms with Crippen LogP contribution in [0.25, 0.3) is 0 Å². The van der Waals surface area contributed by atoms with Crippen molar-refractivity contribution in [3.8, 4) is 6.07 Å². The van der Waals surface area contributed by atoms with Crippen LogP contribution in [-0.2, 0) is 4.79 Å². The number of rotatable bonds is 2. The molecule has 0 aliphatic carbocycles. The lowest BCUT2D eigenvalue weighted by Crippen LogP contribution is -2.00. The third-order valence-electron chi connectivity index (χ3n) is 0.453. The van der Waals surface area contributed by atoms with Gasteiger partial charge in [-0.05, 0) is 0 Å². The second-order valence-corrected chi connectivity index (χ2v) is 1.03. The van der Waals surface area contributed by atoms with Crippen LogP contribution < -0.4 is 0 Å². The summed E-state index contributed by atoms with van der Waals surface area (Å²) in [6.07, 6.45) is -0.184. The van der Waals surface area contributed by atoms with Crippen molar-refractivity contribution in [2.45, 2.75) is 6.42 Å². The molecule has 0 amide bonds. The van der Waals surface area contributed by atoms with Crippen molar-refractivity contribution in [1.29, 1.82) is 5.26 Å². The van der Waals surface area contributed by atoms with Gasteiger partial charge in [-0.2, -0.15) is 5.26 Å². The van der Waals surface area contributed by atoms with Gasteiger partial charge in [-0.25, -0.2) is 0 Å². The molecule has 0 fully saturated rings. The molecule has 0 aromatic heterocycles. The second-order valence-electron chi connectivity index (χ2n) is 1.03. The third kappa shape index (κ3) is 2.94. The molecule has 0 bridgehead atoms. The molecule has 0 aromatic carbocycles. The van der Waals surface area contributed by atoms with Crippen molar-refractivity contribution >= 4 is 5.78 Å². The number of carbonyl (C=O) groups is 1. The first-order valence-electron chi connectivity index (χ1n) is 1.80. The zero-order valence-electron chi connectivity index (χ0n) is 3.72. The Morgan fingerprint density at radius 3 is 2.57 bits per heavy atom. The van der Waals surface area contributed by atoms with Gasteiger partial charge in [0, 0.05) is 0 Å². The zero-order valence-corrected chi connectivity index (χ0v) is 3.72. The molecule has 0 unspecified atom stereocenters. The van der Waals surface area contributed by atoms with Crippen molar-refractivity contribution in [3.63, 3.8) is 0 Å².